The quantitative estimate of drug-likeness (QED) is 0.866. The summed E-state index contributed by atoms with van der Waals surface area (Å²) in [7, 11) is 0. The van der Waals surface area contributed by atoms with Crippen molar-refractivity contribution in [2.45, 2.75) is 27.2 Å². The largest absolute Gasteiger partial charge is 0.384 e. The molecule has 0 amide bonds. The van der Waals surface area contributed by atoms with Gasteiger partial charge in [-0.2, -0.15) is 0 Å². The van der Waals surface area contributed by atoms with Gasteiger partial charge in [0.05, 0.1) is 23.8 Å². The number of pyridine rings is 1. The van der Waals surface area contributed by atoms with Crippen molar-refractivity contribution in [3.8, 4) is 0 Å². The van der Waals surface area contributed by atoms with E-state index >= 15 is 0 Å². The fraction of sp³-hybridized carbons (Fsp3) is 0.643. The zero-order valence-electron chi connectivity index (χ0n) is 11.1. The number of nitrogens with zero attached hydrogens (tertiary/aromatic N) is 2. The average Bonchev–Trinajstić information content (AvgIpc) is 2.68. The zero-order chi connectivity index (χ0) is 12.3. The molecule has 17 heavy (non-hydrogen) atoms. The first-order valence-corrected chi connectivity index (χ1v) is 6.64. The normalized spacial score (nSPS) is 24.1. The van der Waals surface area contributed by atoms with E-state index in [1.165, 1.54) is 5.69 Å². The van der Waals surface area contributed by atoms with Gasteiger partial charge in [0.25, 0.3) is 0 Å². The Hall–Kier alpha value is -1.25. The van der Waals surface area contributed by atoms with E-state index < -0.39 is 0 Å². The fourth-order valence-electron chi connectivity index (χ4n) is 2.31. The summed E-state index contributed by atoms with van der Waals surface area (Å²) in [4.78, 5) is 6.77. The molecule has 1 aromatic rings. The Morgan fingerprint density at radius 3 is 2.65 bits per heavy atom. The van der Waals surface area contributed by atoms with E-state index in [9.17, 15) is 0 Å². The minimum atomic E-state index is 0.780. The highest BCUT2D eigenvalue weighted by molar-refractivity contribution is 5.56. The molecule has 94 valence electrons. The Morgan fingerprint density at radius 2 is 2.00 bits per heavy atom. The summed E-state index contributed by atoms with van der Waals surface area (Å²) in [5, 5.41) is 3.39. The van der Waals surface area contributed by atoms with Crippen molar-refractivity contribution in [1.82, 2.24) is 4.98 Å². The summed E-state index contributed by atoms with van der Waals surface area (Å²) in [5.74, 6) is 1.56. The molecule has 0 bridgehead atoms. The van der Waals surface area contributed by atoms with Gasteiger partial charge in [0.15, 0.2) is 0 Å². The summed E-state index contributed by atoms with van der Waals surface area (Å²) < 4.78 is 0. The lowest BCUT2D eigenvalue weighted by molar-refractivity contribution is 0.494. The Balaban J connectivity index is 2.06. The third-order valence-electron chi connectivity index (χ3n) is 3.66. The molecule has 1 aliphatic heterocycles. The number of rotatable bonds is 4. The number of anilines is 2. The maximum atomic E-state index is 4.33. The molecule has 0 radical (unpaired) electrons. The second-order valence-electron chi connectivity index (χ2n) is 5.22. The van der Waals surface area contributed by atoms with Crippen LogP contribution >= 0.6 is 0 Å². The predicted molar refractivity (Wildman–Crippen MR) is 73.6 cm³/mol. The smallest absolute Gasteiger partial charge is 0.0573 e. The first-order valence-electron chi connectivity index (χ1n) is 6.64. The molecule has 0 aliphatic carbocycles. The minimum Gasteiger partial charge on any atom is -0.384 e. The van der Waals surface area contributed by atoms with Crippen LogP contribution in [0.15, 0.2) is 18.5 Å². The van der Waals surface area contributed by atoms with Crippen molar-refractivity contribution in [2.24, 2.45) is 11.8 Å². The fourth-order valence-corrected chi connectivity index (χ4v) is 2.31. The highest BCUT2D eigenvalue weighted by atomic mass is 15.2. The van der Waals surface area contributed by atoms with E-state index in [0.717, 1.165) is 43.6 Å². The molecule has 0 spiro atoms. The summed E-state index contributed by atoms with van der Waals surface area (Å²) >= 11 is 0. The van der Waals surface area contributed by atoms with Gasteiger partial charge in [-0.1, -0.05) is 20.8 Å². The summed E-state index contributed by atoms with van der Waals surface area (Å²) in [5.41, 5.74) is 2.39. The van der Waals surface area contributed by atoms with Crippen molar-refractivity contribution >= 4 is 11.4 Å². The van der Waals surface area contributed by atoms with Crippen LogP contribution in [0, 0.1) is 11.8 Å². The van der Waals surface area contributed by atoms with Crippen LogP contribution in [0.4, 0.5) is 11.4 Å². The average molecular weight is 233 g/mol. The van der Waals surface area contributed by atoms with E-state index in [-0.39, 0.29) is 0 Å². The van der Waals surface area contributed by atoms with Crippen molar-refractivity contribution in [1.29, 1.82) is 0 Å². The number of hydrogen-bond acceptors (Lipinski definition) is 3. The van der Waals surface area contributed by atoms with Crippen molar-refractivity contribution < 1.29 is 0 Å². The maximum absolute atomic E-state index is 4.33. The summed E-state index contributed by atoms with van der Waals surface area (Å²) in [6.07, 6.45) is 5.02. The van der Waals surface area contributed by atoms with Crippen LogP contribution in [-0.4, -0.2) is 24.6 Å². The molecule has 2 atom stereocenters. The third kappa shape index (κ3) is 2.90. The Labute approximate surface area is 104 Å². The van der Waals surface area contributed by atoms with Crippen LogP contribution in [-0.2, 0) is 0 Å². The van der Waals surface area contributed by atoms with Gasteiger partial charge in [0, 0.05) is 19.6 Å². The SMILES string of the molecule is CCCNc1cncc(N2CC(C)C(C)C2)c1. The summed E-state index contributed by atoms with van der Waals surface area (Å²) in [6, 6.07) is 2.22. The van der Waals surface area contributed by atoms with Gasteiger partial charge in [-0.15, -0.1) is 0 Å². The molecule has 1 saturated heterocycles. The van der Waals surface area contributed by atoms with E-state index in [2.05, 4.69) is 42.0 Å². The molecule has 3 nitrogen and oxygen atoms in total. The Kier molecular flexibility index (Phi) is 3.87. The molecule has 2 heterocycles. The lowest BCUT2D eigenvalue weighted by Gasteiger charge is -2.18. The van der Waals surface area contributed by atoms with E-state index in [4.69, 9.17) is 0 Å². The molecule has 2 unspecified atom stereocenters. The minimum absolute atomic E-state index is 0.780. The Bertz CT molecular complexity index is 354. The zero-order valence-corrected chi connectivity index (χ0v) is 11.1. The van der Waals surface area contributed by atoms with Gasteiger partial charge >= 0.3 is 0 Å². The van der Waals surface area contributed by atoms with Crippen LogP contribution in [0.1, 0.15) is 27.2 Å². The van der Waals surface area contributed by atoms with Crippen LogP contribution in [0.25, 0.3) is 0 Å². The second-order valence-corrected chi connectivity index (χ2v) is 5.22. The highest BCUT2D eigenvalue weighted by Crippen LogP contribution is 2.28. The first-order chi connectivity index (χ1) is 8.20. The second kappa shape index (κ2) is 5.39. The van der Waals surface area contributed by atoms with E-state index in [1.807, 2.05) is 12.4 Å². The van der Waals surface area contributed by atoms with Gasteiger partial charge in [-0.25, -0.2) is 0 Å². The monoisotopic (exact) mass is 233 g/mol. The number of hydrogen-bond donors (Lipinski definition) is 1. The standard InChI is InChI=1S/C14H23N3/c1-4-5-16-13-6-14(8-15-7-13)17-9-11(2)12(3)10-17/h6-8,11-12,16H,4-5,9-10H2,1-3H3. The molecular weight excluding hydrogens is 210 g/mol. The first kappa shape index (κ1) is 12.2. The van der Waals surface area contributed by atoms with Crippen LogP contribution in [0.5, 0.6) is 0 Å². The predicted octanol–water partition coefficient (Wildman–Crippen LogP) is 3.00. The molecule has 2 rings (SSSR count). The van der Waals surface area contributed by atoms with Crippen LogP contribution < -0.4 is 10.2 Å². The van der Waals surface area contributed by atoms with Crippen molar-refractivity contribution in [3.05, 3.63) is 18.5 Å². The van der Waals surface area contributed by atoms with E-state index in [1.54, 1.807) is 0 Å². The van der Waals surface area contributed by atoms with Gasteiger partial charge < -0.3 is 10.2 Å². The molecule has 0 saturated carbocycles. The van der Waals surface area contributed by atoms with E-state index in [0.29, 0.717) is 0 Å². The Morgan fingerprint density at radius 1 is 1.29 bits per heavy atom. The molecule has 0 aromatic carbocycles. The van der Waals surface area contributed by atoms with Crippen LogP contribution in [0.2, 0.25) is 0 Å². The van der Waals surface area contributed by atoms with Gasteiger partial charge in [0.1, 0.15) is 0 Å². The molecule has 3 heteroatoms. The molecule has 1 aromatic heterocycles. The van der Waals surface area contributed by atoms with Gasteiger partial charge in [-0.05, 0) is 24.3 Å². The summed E-state index contributed by atoms with van der Waals surface area (Å²) in [6.45, 7) is 10.2. The van der Waals surface area contributed by atoms with Crippen molar-refractivity contribution in [2.75, 3.05) is 29.9 Å². The molecular formula is C14H23N3. The topological polar surface area (TPSA) is 28.2 Å². The third-order valence-corrected chi connectivity index (χ3v) is 3.66. The lowest BCUT2D eigenvalue weighted by Crippen LogP contribution is -2.19. The van der Waals surface area contributed by atoms with Crippen LogP contribution in [0.3, 0.4) is 0 Å². The van der Waals surface area contributed by atoms with Gasteiger partial charge in [-0.3, -0.25) is 4.98 Å². The number of nitrogens with one attached hydrogen (secondary N) is 1. The number of aromatic nitrogens is 1. The molecule has 1 N–H and O–H groups in total. The lowest BCUT2D eigenvalue weighted by atomic mass is 10.0. The van der Waals surface area contributed by atoms with Gasteiger partial charge in [0.2, 0.25) is 0 Å². The maximum Gasteiger partial charge on any atom is 0.0573 e. The van der Waals surface area contributed by atoms with Crippen molar-refractivity contribution in [3.63, 3.8) is 0 Å². The highest BCUT2D eigenvalue weighted by Gasteiger charge is 2.26. The molecule has 1 fully saturated rings. The molecule has 1 aliphatic rings.